The van der Waals surface area contributed by atoms with Crippen LogP contribution in [0.15, 0.2) is 41.7 Å². The standard InChI is InChI=1S/C18H24N4O2S/c1-25-18-20-14-16(22(18)15-6-3-2-4-7-15)17(23)19-8-5-9-21-10-12-24-13-11-21/h2-4,6-7,14H,5,8-13H2,1H3,(H,19,23). The number of carbonyl (C=O) groups excluding carboxylic acids is 1. The van der Waals surface area contributed by atoms with Crippen molar-refractivity contribution in [1.29, 1.82) is 0 Å². The minimum atomic E-state index is -0.0846. The summed E-state index contributed by atoms with van der Waals surface area (Å²) in [6.07, 6.45) is 4.54. The van der Waals surface area contributed by atoms with Crippen LogP contribution in [-0.2, 0) is 4.74 Å². The smallest absolute Gasteiger partial charge is 0.269 e. The molecule has 1 aliphatic rings. The molecule has 0 unspecified atom stereocenters. The molecule has 0 spiro atoms. The molecule has 0 bridgehead atoms. The first-order chi connectivity index (χ1) is 12.3. The van der Waals surface area contributed by atoms with E-state index in [2.05, 4.69) is 15.2 Å². The summed E-state index contributed by atoms with van der Waals surface area (Å²) in [5.41, 5.74) is 1.52. The Morgan fingerprint density at radius 3 is 2.76 bits per heavy atom. The molecule has 1 amide bonds. The van der Waals surface area contributed by atoms with Gasteiger partial charge in [0.05, 0.1) is 19.4 Å². The Bertz CT molecular complexity index is 684. The van der Waals surface area contributed by atoms with Crippen molar-refractivity contribution in [3.8, 4) is 5.69 Å². The van der Waals surface area contributed by atoms with Gasteiger partial charge in [-0.1, -0.05) is 30.0 Å². The number of carbonyl (C=O) groups is 1. The molecule has 3 rings (SSSR count). The zero-order valence-electron chi connectivity index (χ0n) is 14.5. The van der Waals surface area contributed by atoms with E-state index < -0.39 is 0 Å². The van der Waals surface area contributed by atoms with Crippen LogP contribution in [-0.4, -0.2) is 66.0 Å². The van der Waals surface area contributed by atoms with Gasteiger partial charge < -0.3 is 10.1 Å². The molecule has 2 heterocycles. The van der Waals surface area contributed by atoms with Crippen molar-refractivity contribution in [2.45, 2.75) is 11.6 Å². The first kappa shape index (κ1) is 18.0. The van der Waals surface area contributed by atoms with E-state index in [1.807, 2.05) is 41.2 Å². The number of imidazole rings is 1. The summed E-state index contributed by atoms with van der Waals surface area (Å²) in [7, 11) is 0. The fourth-order valence-corrected chi connectivity index (χ4v) is 3.43. The Hall–Kier alpha value is -1.83. The van der Waals surface area contributed by atoms with Crippen molar-refractivity contribution >= 4 is 17.7 Å². The normalized spacial score (nSPS) is 15.2. The number of nitrogens with zero attached hydrogens (tertiary/aromatic N) is 3. The fourth-order valence-electron chi connectivity index (χ4n) is 2.89. The number of para-hydroxylation sites is 1. The molecule has 0 aliphatic carbocycles. The van der Waals surface area contributed by atoms with Crippen LogP contribution < -0.4 is 5.32 Å². The molecular weight excluding hydrogens is 336 g/mol. The molecule has 7 heteroatoms. The van der Waals surface area contributed by atoms with Gasteiger partial charge >= 0.3 is 0 Å². The Morgan fingerprint density at radius 1 is 1.28 bits per heavy atom. The van der Waals surface area contributed by atoms with Crippen molar-refractivity contribution < 1.29 is 9.53 Å². The van der Waals surface area contributed by atoms with Crippen LogP contribution in [0, 0.1) is 0 Å². The summed E-state index contributed by atoms with van der Waals surface area (Å²) < 4.78 is 7.25. The number of morpholine rings is 1. The number of hydrogen-bond donors (Lipinski definition) is 1. The number of hydrogen-bond acceptors (Lipinski definition) is 5. The number of thioether (sulfide) groups is 1. The Morgan fingerprint density at radius 2 is 2.04 bits per heavy atom. The van der Waals surface area contributed by atoms with E-state index in [4.69, 9.17) is 4.74 Å². The quantitative estimate of drug-likeness (QED) is 0.605. The number of aromatic nitrogens is 2. The molecule has 1 N–H and O–H groups in total. The van der Waals surface area contributed by atoms with Crippen LogP contribution in [0.1, 0.15) is 16.9 Å². The van der Waals surface area contributed by atoms with E-state index in [9.17, 15) is 4.79 Å². The van der Waals surface area contributed by atoms with Crippen LogP contribution in [0.5, 0.6) is 0 Å². The molecular formula is C18H24N4O2S. The van der Waals surface area contributed by atoms with Crippen LogP contribution in [0.2, 0.25) is 0 Å². The first-order valence-electron chi connectivity index (χ1n) is 8.55. The van der Waals surface area contributed by atoms with E-state index >= 15 is 0 Å². The minimum Gasteiger partial charge on any atom is -0.379 e. The summed E-state index contributed by atoms with van der Waals surface area (Å²) in [5, 5.41) is 3.83. The van der Waals surface area contributed by atoms with Gasteiger partial charge in [0.2, 0.25) is 0 Å². The zero-order chi connectivity index (χ0) is 17.5. The van der Waals surface area contributed by atoms with E-state index in [1.54, 1.807) is 6.20 Å². The average molecular weight is 360 g/mol. The highest BCUT2D eigenvalue weighted by Gasteiger charge is 2.17. The maximum absolute atomic E-state index is 12.6. The summed E-state index contributed by atoms with van der Waals surface area (Å²) in [4.78, 5) is 19.4. The molecule has 1 aromatic heterocycles. The third kappa shape index (κ3) is 4.62. The maximum atomic E-state index is 12.6. The average Bonchev–Trinajstić information content (AvgIpc) is 3.11. The number of ether oxygens (including phenoxy) is 1. The summed E-state index contributed by atoms with van der Waals surface area (Å²) in [5.74, 6) is -0.0846. The van der Waals surface area contributed by atoms with Gasteiger partial charge in [-0.15, -0.1) is 0 Å². The summed E-state index contributed by atoms with van der Waals surface area (Å²) in [6, 6.07) is 9.85. The predicted molar refractivity (Wildman–Crippen MR) is 99.6 cm³/mol. The van der Waals surface area contributed by atoms with E-state index in [0.29, 0.717) is 12.2 Å². The van der Waals surface area contributed by atoms with Gasteiger partial charge in [-0.05, 0) is 31.4 Å². The number of rotatable bonds is 7. The molecule has 2 aromatic rings. The largest absolute Gasteiger partial charge is 0.379 e. The van der Waals surface area contributed by atoms with Gasteiger partial charge in [0.1, 0.15) is 5.69 Å². The SMILES string of the molecule is CSc1ncc(C(=O)NCCCN2CCOCC2)n1-c1ccccc1. The van der Waals surface area contributed by atoms with Crippen molar-refractivity contribution in [2.75, 3.05) is 45.6 Å². The van der Waals surface area contributed by atoms with Crippen molar-refractivity contribution in [2.24, 2.45) is 0 Å². The Balaban J connectivity index is 1.59. The number of benzene rings is 1. The molecule has 0 radical (unpaired) electrons. The second-order valence-electron chi connectivity index (χ2n) is 5.86. The van der Waals surface area contributed by atoms with Gasteiger partial charge in [0.25, 0.3) is 5.91 Å². The maximum Gasteiger partial charge on any atom is 0.269 e. The molecule has 0 atom stereocenters. The highest BCUT2D eigenvalue weighted by Crippen LogP contribution is 2.21. The third-order valence-electron chi connectivity index (χ3n) is 4.20. The van der Waals surface area contributed by atoms with Gasteiger partial charge in [0.15, 0.2) is 5.16 Å². The highest BCUT2D eigenvalue weighted by molar-refractivity contribution is 7.98. The third-order valence-corrected chi connectivity index (χ3v) is 4.85. The lowest BCUT2D eigenvalue weighted by Crippen LogP contribution is -2.38. The second kappa shape index (κ2) is 9.03. The lowest BCUT2D eigenvalue weighted by atomic mass is 10.3. The van der Waals surface area contributed by atoms with Crippen LogP contribution in [0.25, 0.3) is 5.69 Å². The van der Waals surface area contributed by atoms with E-state index in [1.165, 1.54) is 11.8 Å². The summed E-state index contributed by atoms with van der Waals surface area (Å²) in [6.45, 7) is 5.21. The summed E-state index contributed by atoms with van der Waals surface area (Å²) >= 11 is 1.53. The fraction of sp³-hybridized carbons (Fsp3) is 0.444. The minimum absolute atomic E-state index is 0.0846. The monoisotopic (exact) mass is 360 g/mol. The van der Waals surface area contributed by atoms with Gasteiger partial charge in [-0.2, -0.15) is 0 Å². The van der Waals surface area contributed by atoms with Crippen molar-refractivity contribution in [3.05, 3.63) is 42.2 Å². The highest BCUT2D eigenvalue weighted by atomic mass is 32.2. The molecule has 6 nitrogen and oxygen atoms in total. The molecule has 0 saturated carbocycles. The van der Waals surface area contributed by atoms with E-state index in [-0.39, 0.29) is 5.91 Å². The van der Waals surface area contributed by atoms with Crippen LogP contribution >= 0.6 is 11.8 Å². The number of nitrogens with one attached hydrogen (secondary N) is 1. The Labute approximate surface area is 152 Å². The lowest BCUT2D eigenvalue weighted by molar-refractivity contribution is 0.0374. The molecule has 1 aromatic carbocycles. The van der Waals surface area contributed by atoms with Gasteiger partial charge in [0, 0.05) is 25.3 Å². The van der Waals surface area contributed by atoms with Crippen LogP contribution in [0.4, 0.5) is 0 Å². The molecule has 134 valence electrons. The van der Waals surface area contributed by atoms with E-state index in [0.717, 1.165) is 50.1 Å². The van der Waals surface area contributed by atoms with Crippen LogP contribution in [0.3, 0.4) is 0 Å². The number of amides is 1. The van der Waals surface area contributed by atoms with Crippen molar-refractivity contribution in [1.82, 2.24) is 19.8 Å². The van der Waals surface area contributed by atoms with Gasteiger partial charge in [-0.3, -0.25) is 14.3 Å². The second-order valence-corrected chi connectivity index (χ2v) is 6.64. The molecule has 25 heavy (non-hydrogen) atoms. The zero-order valence-corrected chi connectivity index (χ0v) is 15.3. The molecule has 1 saturated heterocycles. The van der Waals surface area contributed by atoms with Crippen molar-refractivity contribution in [3.63, 3.8) is 0 Å². The predicted octanol–water partition coefficient (Wildman–Crippen LogP) is 2.05. The van der Waals surface area contributed by atoms with Gasteiger partial charge in [-0.25, -0.2) is 4.98 Å². The molecule has 1 fully saturated rings. The first-order valence-corrected chi connectivity index (χ1v) is 9.77. The molecule has 1 aliphatic heterocycles. The Kier molecular flexibility index (Phi) is 6.49. The lowest BCUT2D eigenvalue weighted by Gasteiger charge is -2.26. The topological polar surface area (TPSA) is 59.4 Å².